The van der Waals surface area contributed by atoms with E-state index < -0.39 is 0 Å². The molecule has 1 aromatic rings. The fourth-order valence-corrected chi connectivity index (χ4v) is 4.31. The van der Waals surface area contributed by atoms with Crippen LogP contribution in [-0.2, 0) is 0 Å². The van der Waals surface area contributed by atoms with Crippen molar-refractivity contribution in [3.63, 3.8) is 0 Å². The predicted molar refractivity (Wildman–Crippen MR) is 92.6 cm³/mol. The van der Waals surface area contributed by atoms with Crippen molar-refractivity contribution in [2.45, 2.75) is 57.7 Å². The molecule has 2 fully saturated rings. The summed E-state index contributed by atoms with van der Waals surface area (Å²) in [6.45, 7) is 8.56. The standard InChI is InChI=1S/C18H27BrN2/c1-3-17-12-20-11-5-4-6-18(20)13-21(17)14(2)15-7-9-16(19)10-8-15/h7-10,14,17-18H,3-6,11-13H2,1-2H3. The number of piperidine rings is 1. The van der Waals surface area contributed by atoms with Crippen LogP contribution in [0.1, 0.15) is 51.1 Å². The minimum Gasteiger partial charge on any atom is -0.298 e. The molecule has 2 aliphatic heterocycles. The van der Waals surface area contributed by atoms with Crippen LogP contribution in [0.3, 0.4) is 0 Å². The second kappa shape index (κ2) is 6.80. The molecule has 0 N–H and O–H groups in total. The van der Waals surface area contributed by atoms with Gasteiger partial charge in [0.1, 0.15) is 0 Å². The van der Waals surface area contributed by atoms with Gasteiger partial charge < -0.3 is 0 Å². The van der Waals surface area contributed by atoms with Gasteiger partial charge in [-0.1, -0.05) is 41.4 Å². The van der Waals surface area contributed by atoms with Crippen LogP contribution in [-0.4, -0.2) is 41.5 Å². The van der Waals surface area contributed by atoms with Gasteiger partial charge in [0.05, 0.1) is 0 Å². The predicted octanol–water partition coefficient (Wildman–Crippen LogP) is 4.46. The molecule has 1 aromatic carbocycles. The number of nitrogens with zero attached hydrogens (tertiary/aromatic N) is 2. The molecule has 21 heavy (non-hydrogen) atoms. The second-order valence-electron chi connectivity index (χ2n) is 6.63. The zero-order valence-electron chi connectivity index (χ0n) is 13.3. The van der Waals surface area contributed by atoms with E-state index in [1.165, 1.54) is 55.4 Å². The first-order valence-electron chi connectivity index (χ1n) is 8.44. The van der Waals surface area contributed by atoms with Crippen LogP contribution in [0.5, 0.6) is 0 Å². The van der Waals surface area contributed by atoms with Gasteiger partial charge in [-0.2, -0.15) is 0 Å². The summed E-state index contributed by atoms with van der Waals surface area (Å²) in [6.07, 6.45) is 5.46. The SMILES string of the molecule is CCC1CN2CCCCC2CN1C(C)c1ccc(Br)cc1. The number of piperazine rings is 1. The van der Waals surface area contributed by atoms with Gasteiger partial charge in [-0.25, -0.2) is 0 Å². The maximum Gasteiger partial charge on any atom is 0.0324 e. The second-order valence-corrected chi connectivity index (χ2v) is 7.55. The van der Waals surface area contributed by atoms with Crippen LogP contribution in [0, 0.1) is 0 Å². The van der Waals surface area contributed by atoms with Gasteiger partial charge in [-0.3, -0.25) is 9.80 Å². The topological polar surface area (TPSA) is 6.48 Å². The Hall–Kier alpha value is -0.380. The highest BCUT2D eigenvalue weighted by Crippen LogP contribution is 2.32. The van der Waals surface area contributed by atoms with Crippen molar-refractivity contribution in [3.05, 3.63) is 34.3 Å². The van der Waals surface area contributed by atoms with Gasteiger partial charge >= 0.3 is 0 Å². The largest absolute Gasteiger partial charge is 0.298 e. The van der Waals surface area contributed by atoms with Gasteiger partial charge in [-0.05, 0) is 50.4 Å². The third-order valence-electron chi connectivity index (χ3n) is 5.41. The molecule has 0 amide bonds. The third kappa shape index (κ3) is 3.35. The Kier molecular flexibility index (Phi) is 5.03. The normalized spacial score (nSPS) is 29.1. The molecule has 3 unspecified atom stereocenters. The summed E-state index contributed by atoms with van der Waals surface area (Å²) in [5.41, 5.74) is 1.45. The Morgan fingerprint density at radius 3 is 2.67 bits per heavy atom. The average molecular weight is 351 g/mol. The minimum absolute atomic E-state index is 0.520. The summed E-state index contributed by atoms with van der Waals surface area (Å²) in [5, 5.41) is 0. The lowest BCUT2D eigenvalue weighted by molar-refractivity contribution is -0.0123. The highest BCUT2D eigenvalue weighted by atomic mass is 79.9. The lowest BCUT2D eigenvalue weighted by Gasteiger charge is -2.50. The summed E-state index contributed by atoms with van der Waals surface area (Å²) >= 11 is 3.54. The quantitative estimate of drug-likeness (QED) is 0.793. The Morgan fingerprint density at radius 2 is 1.95 bits per heavy atom. The molecule has 3 rings (SSSR count). The zero-order valence-corrected chi connectivity index (χ0v) is 14.8. The maximum absolute atomic E-state index is 3.54. The monoisotopic (exact) mass is 350 g/mol. The van der Waals surface area contributed by atoms with Gasteiger partial charge in [0.2, 0.25) is 0 Å². The third-order valence-corrected chi connectivity index (χ3v) is 5.93. The molecule has 0 bridgehead atoms. The minimum atomic E-state index is 0.520. The van der Waals surface area contributed by atoms with Crippen molar-refractivity contribution in [2.75, 3.05) is 19.6 Å². The molecule has 3 heteroatoms. The van der Waals surface area contributed by atoms with E-state index >= 15 is 0 Å². The van der Waals surface area contributed by atoms with Crippen molar-refractivity contribution in [1.82, 2.24) is 9.80 Å². The highest BCUT2D eigenvalue weighted by molar-refractivity contribution is 9.10. The molecule has 2 saturated heterocycles. The summed E-state index contributed by atoms with van der Waals surface area (Å²) < 4.78 is 1.17. The molecule has 0 radical (unpaired) electrons. The molecule has 2 nitrogen and oxygen atoms in total. The van der Waals surface area contributed by atoms with Gasteiger partial charge in [0.25, 0.3) is 0 Å². The number of benzene rings is 1. The van der Waals surface area contributed by atoms with E-state index in [0.29, 0.717) is 12.1 Å². The van der Waals surface area contributed by atoms with Crippen LogP contribution < -0.4 is 0 Å². The van der Waals surface area contributed by atoms with Gasteiger partial charge in [0.15, 0.2) is 0 Å². The average Bonchev–Trinajstić information content (AvgIpc) is 2.53. The fourth-order valence-electron chi connectivity index (χ4n) is 4.05. The molecule has 0 saturated carbocycles. The lowest BCUT2D eigenvalue weighted by Crippen LogP contribution is -2.59. The van der Waals surface area contributed by atoms with E-state index in [0.717, 1.165) is 6.04 Å². The molecule has 2 aliphatic rings. The van der Waals surface area contributed by atoms with Crippen molar-refractivity contribution in [1.29, 1.82) is 0 Å². The number of hydrogen-bond donors (Lipinski definition) is 0. The van der Waals surface area contributed by atoms with E-state index in [9.17, 15) is 0 Å². The molecule has 3 atom stereocenters. The van der Waals surface area contributed by atoms with E-state index in [4.69, 9.17) is 0 Å². The molecule has 116 valence electrons. The summed E-state index contributed by atoms with van der Waals surface area (Å²) in [7, 11) is 0. The Morgan fingerprint density at radius 1 is 1.19 bits per heavy atom. The van der Waals surface area contributed by atoms with Crippen LogP contribution >= 0.6 is 15.9 Å². The molecular weight excluding hydrogens is 324 g/mol. The summed E-state index contributed by atoms with van der Waals surface area (Å²) in [6, 6.07) is 10.9. The van der Waals surface area contributed by atoms with Crippen molar-refractivity contribution in [2.24, 2.45) is 0 Å². The zero-order chi connectivity index (χ0) is 14.8. The smallest absolute Gasteiger partial charge is 0.0324 e. The van der Waals surface area contributed by atoms with E-state index in [1.54, 1.807) is 0 Å². The molecule has 0 aromatic heterocycles. The van der Waals surface area contributed by atoms with E-state index in [-0.39, 0.29) is 0 Å². The Bertz CT molecular complexity index is 459. The van der Waals surface area contributed by atoms with Gasteiger partial charge in [-0.15, -0.1) is 0 Å². The maximum atomic E-state index is 3.54. The molecule has 2 heterocycles. The summed E-state index contributed by atoms with van der Waals surface area (Å²) in [4.78, 5) is 5.51. The Labute approximate surface area is 137 Å². The first kappa shape index (κ1) is 15.5. The fraction of sp³-hybridized carbons (Fsp3) is 0.667. The molecular formula is C18H27BrN2. The van der Waals surface area contributed by atoms with E-state index in [2.05, 4.69) is 63.8 Å². The molecule has 0 aliphatic carbocycles. The first-order chi connectivity index (χ1) is 10.2. The molecule has 0 spiro atoms. The number of fused-ring (bicyclic) bond motifs is 1. The van der Waals surface area contributed by atoms with Crippen molar-refractivity contribution in [3.8, 4) is 0 Å². The van der Waals surface area contributed by atoms with Crippen LogP contribution in [0.4, 0.5) is 0 Å². The van der Waals surface area contributed by atoms with Crippen LogP contribution in [0.25, 0.3) is 0 Å². The van der Waals surface area contributed by atoms with Gasteiger partial charge in [0, 0.05) is 35.7 Å². The first-order valence-corrected chi connectivity index (χ1v) is 9.23. The van der Waals surface area contributed by atoms with Crippen LogP contribution in [0.15, 0.2) is 28.7 Å². The Balaban J connectivity index is 1.76. The number of hydrogen-bond acceptors (Lipinski definition) is 2. The number of halogens is 1. The highest BCUT2D eigenvalue weighted by Gasteiger charge is 2.36. The van der Waals surface area contributed by atoms with Crippen LogP contribution in [0.2, 0.25) is 0 Å². The van der Waals surface area contributed by atoms with Crippen molar-refractivity contribution >= 4 is 15.9 Å². The van der Waals surface area contributed by atoms with Crippen molar-refractivity contribution < 1.29 is 0 Å². The lowest BCUT2D eigenvalue weighted by atomic mass is 9.93. The number of rotatable bonds is 3. The van der Waals surface area contributed by atoms with E-state index in [1.807, 2.05) is 0 Å². The summed E-state index contributed by atoms with van der Waals surface area (Å²) in [5.74, 6) is 0.